The van der Waals surface area contributed by atoms with Crippen LogP contribution >= 0.6 is 23.2 Å². The highest BCUT2D eigenvalue weighted by Gasteiger charge is 2.23. The molecule has 1 aliphatic carbocycles. The van der Waals surface area contributed by atoms with Gasteiger partial charge in [0.2, 0.25) is 0 Å². The number of hydrogen-bond acceptors (Lipinski definition) is 2. The maximum absolute atomic E-state index is 6.35. The highest BCUT2D eigenvalue weighted by molar-refractivity contribution is 6.42. The maximum Gasteiger partial charge on any atom is 0.0640 e. The van der Waals surface area contributed by atoms with Crippen LogP contribution in [0.4, 0.5) is 0 Å². The van der Waals surface area contributed by atoms with Gasteiger partial charge in [0.25, 0.3) is 0 Å². The van der Waals surface area contributed by atoms with Gasteiger partial charge < -0.3 is 10.2 Å². The van der Waals surface area contributed by atoms with E-state index < -0.39 is 0 Å². The molecule has 4 heteroatoms. The van der Waals surface area contributed by atoms with E-state index in [4.69, 9.17) is 23.2 Å². The molecular formula is C16H24Cl2N2. The molecule has 0 radical (unpaired) electrons. The molecule has 0 aliphatic heterocycles. The predicted molar refractivity (Wildman–Crippen MR) is 87.7 cm³/mol. The van der Waals surface area contributed by atoms with Crippen LogP contribution in [0.1, 0.15) is 37.8 Å². The van der Waals surface area contributed by atoms with Crippen LogP contribution in [0.15, 0.2) is 18.2 Å². The molecule has 1 N–H and O–H groups in total. The van der Waals surface area contributed by atoms with E-state index in [1.54, 1.807) is 0 Å². The van der Waals surface area contributed by atoms with Crippen molar-refractivity contribution >= 4 is 23.2 Å². The molecular weight excluding hydrogens is 291 g/mol. The van der Waals surface area contributed by atoms with Crippen LogP contribution in [0.2, 0.25) is 10.0 Å². The van der Waals surface area contributed by atoms with Crippen molar-refractivity contribution in [2.24, 2.45) is 5.92 Å². The van der Waals surface area contributed by atoms with Gasteiger partial charge in [0.1, 0.15) is 0 Å². The van der Waals surface area contributed by atoms with Crippen LogP contribution in [0.5, 0.6) is 0 Å². The first-order valence-corrected chi connectivity index (χ1v) is 8.23. The maximum atomic E-state index is 6.35. The van der Waals surface area contributed by atoms with Crippen molar-refractivity contribution in [1.29, 1.82) is 0 Å². The number of rotatable bonds is 8. The number of halogens is 2. The van der Waals surface area contributed by atoms with E-state index in [-0.39, 0.29) is 6.04 Å². The summed E-state index contributed by atoms with van der Waals surface area (Å²) in [7, 11) is 2.21. The van der Waals surface area contributed by atoms with Crippen molar-refractivity contribution < 1.29 is 0 Å². The van der Waals surface area contributed by atoms with Gasteiger partial charge in [0, 0.05) is 12.6 Å². The standard InChI is InChI=1S/C16H24Cl2N2/c1-3-19-15(9-10-20(2)11-12-7-8-12)13-5-4-6-14(17)16(13)18/h4-6,12,15,19H,3,7-11H2,1-2H3. The third kappa shape index (κ3) is 4.63. The Labute approximate surface area is 132 Å². The van der Waals surface area contributed by atoms with Crippen molar-refractivity contribution in [2.45, 2.75) is 32.2 Å². The molecule has 2 rings (SSSR count). The van der Waals surface area contributed by atoms with Gasteiger partial charge in [0.05, 0.1) is 10.0 Å². The van der Waals surface area contributed by atoms with Crippen molar-refractivity contribution in [3.8, 4) is 0 Å². The minimum Gasteiger partial charge on any atom is -0.310 e. The van der Waals surface area contributed by atoms with Gasteiger partial charge in [-0.1, -0.05) is 42.3 Å². The van der Waals surface area contributed by atoms with Gasteiger partial charge in [-0.05, 0) is 56.9 Å². The molecule has 1 unspecified atom stereocenters. The average molecular weight is 315 g/mol. The second-order valence-electron chi connectivity index (χ2n) is 5.75. The summed E-state index contributed by atoms with van der Waals surface area (Å²) in [6, 6.07) is 6.16. The van der Waals surface area contributed by atoms with Gasteiger partial charge in [-0.2, -0.15) is 0 Å². The molecule has 2 nitrogen and oxygen atoms in total. The van der Waals surface area contributed by atoms with Crippen molar-refractivity contribution in [3.05, 3.63) is 33.8 Å². The quantitative estimate of drug-likeness (QED) is 0.766. The summed E-state index contributed by atoms with van der Waals surface area (Å²) in [4.78, 5) is 2.43. The first-order chi connectivity index (χ1) is 9.61. The Morgan fingerprint density at radius 1 is 1.35 bits per heavy atom. The Morgan fingerprint density at radius 2 is 2.10 bits per heavy atom. The molecule has 1 atom stereocenters. The van der Waals surface area contributed by atoms with E-state index in [1.165, 1.54) is 19.4 Å². The average Bonchev–Trinajstić information content (AvgIpc) is 3.22. The lowest BCUT2D eigenvalue weighted by atomic mass is 10.0. The SMILES string of the molecule is CCNC(CCN(C)CC1CC1)c1cccc(Cl)c1Cl. The summed E-state index contributed by atoms with van der Waals surface area (Å²) in [6.45, 7) is 5.36. The summed E-state index contributed by atoms with van der Waals surface area (Å²) in [5.41, 5.74) is 1.11. The molecule has 112 valence electrons. The van der Waals surface area contributed by atoms with Crippen LogP contribution in [0.25, 0.3) is 0 Å². The van der Waals surface area contributed by atoms with E-state index in [0.717, 1.165) is 31.0 Å². The van der Waals surface area contributed by atoms with Crippen LogP contribution < -0.4 is 5.32 Å². The monoisotopic (exact) mass is 314 g/mol. The Morgan fingerprint density at radius 3 is 2.75 bits per heavy atom. The molecule has 0 bridgehead atoms. The van der Waals surface area contributed by atoms with Crippen molar-refractivity contribution in [2.75, 3.05) is 26.7 Å². The molecule has 20 heavy (non-hydrogen) atoms. The number of nitrogens with zero attached hydrogens (tertiary/aromatic N) is 1. The van der Waals surface area contributed by atoms with Crippen LogP contribution in [0.3, 0.4) is 0 Å². The Kier molecular flexibility index (Phi) is 6.16. The first-order valence-electron chi connectivity index (χ1n) is 7.47. The van der Waals surface area contributed by atoms with Crippen molar-refractivity contribution in [1.82, 2.24) is 10.2 Å². The fraction of sp³-hybridized carbons (Fsp3) is 0.625. The zero-order valence-electron chi connectivity index (χ0n) is 12.3. The summed E-state index contributed by atoms with van der Waals surface area (Å²) in [6.07, 6.45) is 3.86. The smallest absolute Gasteiger partial charge is 0.0640 e. The zero-order valence-corrected chi connectivity index (χ0v) is 13.8. The minimum atomic E-state index is 0.271. The van der Waals surface area contributed by atoms with Crippen molar-refractivity contribution in [3.63, 3.8) is 0 Å². The van der Waals surface area contributed by atoms with Gasteiger partial charge in [0.15, 0.2) is 0 Å². The normalized spacial score (nSPS) is 16.6. The van der Waals surface area contributed by atoms with Crippen LogP contribution in [-0.2, 0) is 0 Å². The van der Waals surface area contributed by atoms with Gasteiger partial charge in [-0.15, -0.1) is 0 Å². The van der Waals surface area contributed by atoms with E-state index in [1.807, 2.05) is 12.1 Å². The number of hydrogen-bond donors (Lipinski definition) is 1. The largest absolute Gasteiger partial charge is 0.310 e. The lowest BCUT2D eigenvalue weighted by molar-refractivity contribution is 0.297. The van der Waals surface area contributed by atoms with E-state index in [0.29, 0.717) is 10.0 Å². The predicted octanol–water partition coefficient (Wildman–Crippen LogP) is 4.38. The fourth-order valence-electron chi connectivity index (χ4n) is 2.59. The highest BCUT2D eigenvalue weighted by atomic mass is 35.5. The highest BCUT2D eigenvalue weighted by Crippen LogP contribution is 2.32. The summed E-state index contributed by atoms with van der Waals surface area (Å²) in [5, 5.41) is 4.84. The van der Waals surface area contributed by atoms with E-state index in [9.17, 15) is 0 Å². The third-order valence-corrected chi connectivity index (χ3v) is 4.71. The van der Waals surface area contributed by atoms with Gasteiger partial charge in [-0.25, -0.2) is 0 Å². The van der Waals surface area contributed by atoms with Gasteiger partial charge >= 0.3 is 0 Å². The molecule has 1 fully saturated rings. The Balaban J connectivity index is 1.96. The molecule has 1 aromatic carbocycles. The molecule has 0 spiro atoms. The molecule has 0 saturated heterocycles. The topological polar surface area (TPSA) is 15.3 Å². The molecule has 1 aliphatic rings. The lowest BCUT2D eigenvalue weighted by Gasteiger charge is -2.23. The third-order valence-electron chi connectivity index (χ3n) is 3.87. The number of benzene rings is 1. The van der Waals surface area contributed by atoms with Crippen LogP contribution in [0, 0.1) is 5.92 Å². The van der Waals surface area contributed by atoms with Crippen LogP contribution in [-0.4, -0.2) is 31.6 Å². The van der Waals surface area contributed by atoms with Gasteiger partial charge in [-0.3, -0.25) is 0 Å². The molecule has 1 aromatic rings. The molecule has 0 aromatic heterocycles. The summed E-state index contributed by atoms with van der Waals surface area (Å²) < 4.78 is 0. The molecule has 0 heterocycles. The first kappa shape index (κ1) is 16.1. The second-order valence-corrected chi connectivity index (χ2v) is 6.53. The van der Waals surface area contributed by atoms with E-state index in [2.05, 4.69) is 30.3 Å². The summed E-state index contributed by atoms with van der Waals surface area (Å²) in [5.74, 6) is 0.937. The molecule has 1 saturated carbocycles. The van der Waals surface area contributed by atoms with E-state index >= 15 is 0 Å². The zero-order chi connectivity index (χ0) is 14.5. The number of nitrogens with one attached hydrogen (secondary N) is 1. The molecule has 0 amide bonds. The second kappa shape index (κ2) is 7.65. The Bertz CT molecular complexity index is 432. The lowest BCUT2D eigenvalue weighted by Crippen LogP contribution is -2.28. The minimum absolute atomic E-state index is 0.271. The fourth-order valence-corrected chi connectivity index (χ4v) is 3.03. The Hall–Kier alpha value is -0.280. The summed E-state index contributed by atoms with van der Waals surface area (Å²) >= 11 is 12.5.